The Labute approximate surface area is 124 Å². The molecule has 0 aromatic heterocycles. The lowest BCUT2D eigenvalue weighted by Crippen LogP contribution is -2.38. The van der Waals surface area contributed by atoms with E-state index in [1.807, 2.05) is 30.3 Å². The van der Waals surface area contributed by atoms with Crippen LogP contribution in [0.3, 0.4) is 0 Å². The van der Waals surface area contributed by atoms with E-state index in [9.17, 15) is 9.59 Å². The van der Waals surface area contributed by atoms with E-state index in [0.717, 1.165) is 5.56 Å². The molecular weight excluding hydrogens is 326 g/mol. The standard InChI is InChI=1S/C14H14BrNO4/c15-10-6-9(11-12(10)20-14(18)16-11)13(17)19-7-8-4-2-1-3-5-8/h1-5,9-12H,6-7H2,(H,16,18)/t9?,10?,11-,12?/m1/s1. The number of esters is 1. The first-order valence-corrected chi connectivity index (χ1v) is 7.38. The third kappa shape index (κ3) is 2.52. The van der Waals surface area contributed by atoms with Gasteiger partial charge in [-0.1, -0.05) is 46.3 Å². The molecule has 3 rings (SSSR count). The smallest absolute Gasteiger partial charge is 0.407 e. The van der Waals surface area contributed by atoms with Gasteiger partial charge in [-0.15, -0.1) is 0 Å². The second-order valence-corrected chi connectivity index (χ2v) is 6.17. The number of amides is 1. The molecule has 1 amide bonds. The van der Waals surface area contributed by atoms with Gasteiger partial charge in [-0.25, -0.2) is 4.79 Å². The summed E-state index contributed by atoms with van der Waals surface area (Å²) in [7, 11) is 0. The SMILES string of the molecule is O=C1N[C@@H]2C(C(=O)OCc3ccccc3)CC(Br)C2O1. The average molecular weight is 340 g/mol. The fourth-order valence-electron chi connectivity index (χ4n) is 2.68. The molecule has 1 N–H and O–H groups in total. The van der Waals surface area contributed by atoms with Gasteiger partial charge in [-0.05, 0) is 12.0 Å². The van der Waals surface area contributed by atoms with Crippen LogP contribution < -0.4 is 5.32 Å². The number of carbonyl (C=O) groups excluding carboxylic acids is 2. The number of carbonyl (C=O) groups is 2. The van der Waals surface area contributed by atoms with E-state index >= 15 is 0 Å². The Morgan fingerprint density at radius 2 is 2.15 bits per heavy atom. The van der Waals surface area contributed by atoms with E-state index in [1.54, 1.807) is 0 Å². The molecule has 1 aliphatic heterocycles. The van der Waals surface area contributed by atoms with Crippen molar-refractivity contribution in [1.82, 2.24) is 5.32 Å². The zero-order chi connectivity index (χ0) is 14.1. The highest BCUT2D eigenvalue weighted by molar-refractivity contribution is 9.09. The zero-order valence-electron chi connectivity index (χ0n) is 10.6. The third-order valence-electron chi connectivity index (χ3n) is 3.68. The molecule has 1 aromatic rings. The molecule has 0 radical (unpaired) electrons. The number of rotatable bonds is 3. The number of nitrogens with one attached hydrogen (secondary N) is 1. The Bertz CT molecular complexity index is 521. The average Bonchev–Trinajstić information content (AvgIpc) is 2.97. The van der Waals surface area contributed by atoms with Gasteiger partial charge in [0, 0.05) is 0 Å². The number of halogens is 1. The molecule has 0 spiro atoms. The van der Waals surface area contributed by atoms with Crippen molar-refractivity contribution in [3.05, 3.63) is 35.9 Å². The molecule has 20 heavy (non-hydrogen) atoms. The van der Waals surface area contributed by atoms with E-state index in [2.05, 4.69) is 21.2 Å². The Hall–Kier alpha value is -1.56. The number of hydrogen-bond donors (Lipinski definition) is 1. The highest BCUT2D eigenvalue weighted by atomic mass is 79.9. The van der Waals surface area contributed by atoms with Crippen LogP contribution in [0.5, 0.6) is 0 Å². The maximum Gasteiger partial charge on any atom is 0.407 e. The van der Waals surface area contributed by atoms with Gasteiger partial charge in [0.25, 0.3) is 0 Å². The number of ether oxygens (including phenoxy) is 2. The van der Waals surface area contributed by atoms with E-state index in [1.165, 1.54) is 0 Å². The van der Waals surface area contributed by atoms with Gasteiger partial charge in [0.2, 0.25) is 0 Å². The molecule has 1 saturated carbocycles. The molecule has 3 unspecified atom stereocenters. The van der Waals surface area contributed by atoms with Crippen molar-refractivity contribution in [3.63, 3.8) is 0 Å². The Balaban J connectivity index is 1.61. The molecule has 2 fully saturated rings. The fraction of sp³-hybridized carbons (Fsp3) is 0.429. The topological polar surface area (TPSA) is 64.6 Å². The van der Waals surface area contributed by atoms with Crippen LogP contribution in [0.1, 0.15) is 12.0 Å². The van der Waals surface area contributed by atoms with Crippen molar-refractivity contribution < 1.29 is 19.1 Å². The minimum absolute atomic E-state index is 0.0132. The summed E-state index contributed by atoms with van der Waals surface area (Å²) in [5.74, 6) is -0.656. The van der Waals surface area contributed by atoms with Gasteiger partial charge in [0.15, 0.2) is 0 Å². The quantitative estimate of drug-likeness (QED) is 0.675. The number of benzene rings is 1. The van der Waals surface area contributed by atoms with Crippen LogP contribution in [0.4, 0.5) is 4.79 Å². The molecule has 6 heteroatoms. The van der Waals surface area contributed by atoms with Crippen LogP contribution in [-0.4, -0.2) is 29.0 Å². The molecule has 1 heterocycles. The van der Waals surface area contributed by atoms with Gasteiger partial charge in [-0.3, -0.25) is 4.79 Å². The zero-order valence-corrected chi connectivity index (χ0v) is 12.2. The van der Waals surface area contributed by atoms with Crippen LogP contribution in [0, 0.1) is 5.92 Å². The van der Waals surface area contributed by atoms with Gasteiger partial charge < -0.3 is 14.8 Å². The van der Waals surface area contributed by atoms with Crippen LogP contribution in [0.2, 0.25) is 0 Å². The summed E-state index contributed by atoms with van der Waals surface area (Å²) in [5.41, 5.74) is 0.942. The Kier molecular flexibility index (Phi) is 3.65. The summed E-state index contributed by atoms with van der Waals surface area (Å²) >= 11 is 3.45. The van der Waals surface area contributed by atoms with Crippen LogP contribution >= 0.6 is 15.9 Å². The van der Waals surface area contributed by atoms with Gasteiger partial charge in [0.05, 0.1) is 16.8 Å². The van der Waals surface area contributed by atoms with E-state index in [4.69, 9.17) is 9.47 Å². The third-order valence-corrected chi connectivity index (χ3v) is 4.57. The Morgan fingerprint density at radius 3 is 2.90 bits per heavy atom. The molecule has 1 saturated heterocycles. The second-order valence-electron chi connectivity index (χ2n) is 4.99. The molecular formula is C14H14BrNO4. The van der Waals surface area contributed by atoms with Crippen molar-refractivity contribution in [2.24, 2.45) is 5.92 Å². The van der Waals surface area contributed by atoms with E-state index in [-0.39, 0.29) is 35.5 Å². The molecule has 2 aliphatic rings. The van der Waals surface area contributed by atoms with Crippen molar-refractivity contribution in [2.75, 3.05) is 0 Å². The van der Waals surface area contributed by atoms with Crippen LogP contribution in [0.25, 0.3) is 0 Å². The monoisotopic (exact) mass is 339 g/mol. The number of fused-ring (bicyclic) bond motifs is 1. The first kappa shape index (κ1) is 13.4. The number of alkyl halides is 1. The van der Waals surface area contributed by atoms with E-state index < -0.39 is 6.09 Å². The second kappa shape index (κ2) is 5.44. The van der Waals surface area contributed by atoms with Crippen molar-refractivity contribution in [3.8, 4) is 0 Å². The molecule has 0 bridgehead atoms. The first-order valence-electron chi connectivity index (χ1n) is 6.47. The lowest BCUT2D eigenvalue weighted by molar-refractivity contribution is -0.150. The summed E-state index contributed by atoms with van der Waals surface area (Å²) in [6, 6.07) is 9.21. The predicted octanol–water partition coefficient (Wildman–Crippen LogP) is 1.99. The van der Waals surface area contributed by atoms with Gasteiger partial charge in [0.1, 0.15) is 12.7 Å². The molecule has 5 nitrogen and oxygen atoms in total. The first-order chi connectivity index (χ1) is 9.65. The van der Waals surface area contributed by atoms with Crippen LogP contribution in [-0.2, 0) is 20.9 Å². The van der Waals surface area contributed by atoms with Crippen molar-refractivity contribution in [2.45, 2.75) is 30.0 Å². The number of alkyl carbamates (subject to hydrolysis) is 1. The summed E-state index contributed by atoms with van der Waals surface area (Å²) < 4.78 is 10.5. The van der Waals surface area contributed by atoms with Gasteiger partial charge >= 0.3 is 12.1 Å². The maximum atomic E-state index is 12.2. The largest absolute Gasteiger partial charge is 0.461 e. The van der Waals surface area contributed by atoms with Crippen molar-refractivity contribution >= 4 is 28.0 Å². The maximum absolute atomic E-state index is 12.2. The van der Waals surface area contributed by atoms with Crippen molar-refractivity contribution in [1.29, 1.82) is 0 Å². The highest BCUT2D eigenvalue weighted by Gasteiger charge is 2.53. The summed E-state index contributed by atoms with van der Waals surface area (Å²) in [6.45, 7) is 0.245. The van der Waals surface area contributed by atoms with Crippen LogP contribution in [0.15, 0.2) is 30.3 Å². The summed E-state index contributed by atoms with van der Waals surface area (Å²) in [6.07, 6.45) is -0.162. The minimum atomic E-state index is -0.468. The summed E-state index contributed by atoms with van der Waals surface area (Å²) in [4.78, 5) is 23.4. The Morgan fingerprint density at radius 1 is 1.40 bits per heavy atom. The molecule has 1 aromatic carbocycles. The predicted molar refractivity (Wildman–Crippen MR) is 74.3 cm³/mol. The number of hydrogen-bond acceptors (Lipinski definition) is 4. The lowest BCUT2D eigenvalue weighted by Gasteiger charge is -2.15. The molecule has 4 atom stereocenters. The molecule has 106 valence electrons. The molecule has 1 aliphatic carbocycles. The highest BCUT2D eigenvalue weighted by Crippen LogP contribution is 2.37. The van der Waals surface area contributed by atoms with Gasteiger partial charge in [-0.2, -0.15) is 0 Å². The van der Waals surface area contributed by atoms with E-state index in [0.29, 0.717) is 6.42 Å². The normalized spacial score (nSPS) is 31.4. The lowest BCUT2D eigenvalue weighted by atomic mass is 10.0. The summed E-state index contributed by atoms with van der Waals surface area (Å²) in [5, 5.41) is 2.68. The fourth-order valence-corrected chi connectivity index (χ4v) is 3.52. The minimum Gasteiger partial charge on any atom is -0.461 e.